The summed E-state index contributed by atoms with van der Waals surface area (Å²) in [5.74, 6) is 0.579. The third-order valence-corrected chi connectivity index (χ3v) is 4.83. The van der Waals surface area contributed by atoms with Crippen LogP contribution < -0.4 is 16.2 Å². The number of fused-ring (bicyclic) bond motifs is 1. The smallest absolute Gasteiger partial charge is 0.254 e. The third kappa shape index (κ3) is 3.00. The molecule has 0 spiro atoms. The van der Waals surface area contributed by atoms with Crippen LogP contribution in [0.1, 0.15) is 29.6 Å². The Balaban J connectivity index is 1.41. The van der Waals surface area contributed by atoms with Gasteiger partial charge in [-0.2, -0.15) is 5.10 Å². The average molecular weight is 311 g/mol. The lowest BCUT2D eigenvalue weighted by atomic mass is 9.83. The first kappa shape index (κ1) is 14.4. The second-order valence-corrected chi connectivity index (χ2v) is 6.38. The van der Waals surface area contributed by atoms with E-state index in [-0.39, 0.29) is 11.9 Å². The van der Waals surface area contributed by atoms with Crippen molar-refractivity contribution in [1.82, 2.24) is 25.9 Å². The van der Waals surface area contributed by atoms with Crippen molar-refractivity contribution >= 4 is 5.91 Å². The molecule has 4 rings (SSSR count). The number of hydrogen-bond donors (Lipinski definition) is 3. The van der Waals surface area contributed by atoms with E-state index in [1.165, 1.54) is 0 Å². The number of hydrogen-bond acceptors (Lipinski definition) is 4. The molecule has 3 atom stereocenters. The van der Waals surface area contributed by atoms with Crippen molar-refractivity contribution in [3.63, 3.8) is 0 Å². The quantitative estimate of drug-likeness (QED) is 0.798. The second kappa shape index (κ2) is 6.14. The number of aromatic nitrogens is 2. The molecule has 1 saturated heterocycles. The largest absolute Gasteiger partial charge is 0.349 e. The summed E-state index contributed by atoms with van der Waals surface area (Å²) < 4.78 is 1.73. The van der Waals surface area contributed by atoms with E-state index < -0.39 is 0 Å². The van der Waals surface area contributed by atoms with E-state index in [0.717, 1.165) is 31.5 Å². The van der Waals surface area contributed by atoms with Gasteiger partial charge in [0.2, 0.25) is 0 Å². The van der Waals surface area contributed by atoms with Gasteiger partial charge in [-0.25, -0.2) is 4.68 Å². The Bertz CT molecular complexity index is 683. The molecule has 2 aliphatic rings. The van der Waals surface area contributed by atoms with Crippen LogP contribution in [0.5, 0.6) is 0 Å². The molecule has 23 heavy (non-hydrogen) atoms. The van der Waals surface area contributed by atoms with Crippen LogP contribution in [0, 0.1) is 5.92 Å². The van der Waals surface area contributed by atoms with Gasteiger partial charge in [-0.1, -0.05) is 18.2 Å². The number of benzene rings is 1. The van der Waals surface area contributed by atoms with Crippen molar-refractivity contribution in [2.45, 2.75) is 31.3 Å². The number of rotatable bonds is 3. The molecule has 3 unspecified atom stereocenters. The van der Waals surface area contributed by atoms with Gasteiger partial charge in [-0.05, 0) is 37.3 Å². The monoisotopic (exact) mass is 311 g/mol. The summed E-state index contributed by atoms with van der Waals surface area (Å²) in [7, 11) is 0. The van der Waals surface area contributed by atoms with E-state index in [2.05, 4.69) is 21.3 Å². The molecule has 3 N–H and O–H groups in total. The molecule has 6 nitrogen and oxygen atoms in total. The molecular weight excluding hydrogens is 290 g/mol. The third-order valence-electron chi connectivity index (χ3n) is 4.83. The number of carbonyl (C=O) groups is 1. The van der Waals surface area contributed by atoms with E-state index in [1.54, 1.807) is 17.1 Å². The first-order chi connectivity index (χ1) is 11.3. The number of nitrogens with zero attached hydrogens (tertiary/aromatic N) is 2. The van der Waals surface area contributed by atoms with Gasteiger partial charge in [-0.3, -0.25) is 15.6 Å². The lowest BCUT2D eigenvalue weighted by Crippen LogP contribution is -2.44. The van der Waals surface area contributed by atoms with Gasteiger partial charge in [0.15, 0.2) is 0 Å². The summed E-state index contributed by atoms with van der Waals surface area (Å²) in [6, 6.07) is 10.6. The average Bonchev–Trinajstić information content (AvgIpc) is 3.24. The van der Waals surface area contributed by atoms with E-state index in [0.29, 0.717) is 17.5 Å². The molecule has 6 heteroatoms. The maximum absolute atomic E-state index is 12.5. The minimum Gasteiger partial charge on any atom is -0.349 e. The second-order valence-electron chi connectivity index (χ2n) is 6.38. The summed E-state index contributed by atoms with van der Waals surface area (Å²) >= 11 is 0. The predicted molar refractivity (Wildman–Crippen MR) is 87.1 cm³/mol. The fourth-order valence-corrected chi connectivity index (χ4v) is 3.56. The minimum absolute atomic E-state index is 0.0328. The topological polar surface area (TPSA) is 71.0 Å². The number of hydrazine groups is 1. The Hall–Kier alpha value is -2.18. The van der Waals surface area contributed by atoms with E-state index in [9.17, 15) is 4.79 Å². The van der Waals surface area contributed by atoms with E-state index in [1.807, 2.05) is 30.3 Å². The number of nitrogens with one attached hydrogen (secondary N) is 3. The predicted octanol–water partition coefficient (Wildman–Crippen LogP) is 1.25. The SMILES string of the molecule is O=C(NC1CCC2NNCC2C1)c1cnn(-c2ccccc2)c1. The molecule has 2 aromatic rings. The summed E-state index contributed by atoms with van der Waals surface area (Å²) in [4.78, 5) is 12.5. The standard InChI is InChI=1S/C17H21N5O/c23-17(20-14-6-7-16-12(8-14)9-18-21-16)13-10-19-22(11-13)15-4-2-1-3-5-15/h1-5,10-12,14,16,18,21H,6-9H2,(H,20,23). The van der Waals surface area contributed by atoms with Gasteiger partial charge >= 0.3 is 0 Å². The Morgan fingerprint density at radius 3 is 3.00 bits per heavy atom. The lowest BCUT2D eigenvalue weighted by molar-refractivity contribution is 0.0918. The van der Waals surface area contributed by atoms with Gasteiger partial charge in [-0.15, -0.1) is 0 Å². The van der Waals surface area contributed by atoms with Crippen LogP contribution in [-0.4, -0.2) is 34.3 Å². The zero-order valence-corrected chi connectivity index (χ0v) is 12.9. The zero-order valence-electron chi connectivity index (χ0n) is 12.9. The molecular formula is C17H21N5O. The number of carbonyl (C=O) groups excluding carboxylic acids is 1. The summed E-state index contributed by atoms with van der Waals surface area (Å²) in [5.41, 5.74) is 8.09. The molecule has 120 valence electrons. The van der Waals surface area contributed by atoms with Crippen LogP contribution in [-0.2, 0) is 0 Å². The summed E-state index contributed by atoms with van der Waals surface area (Å²) in [6.45, 7) is 0.989. The van der Waals surface area contributed by atoms with Crippen molar-refractivity contribution < 1.29 is 4.79 Å². The molecule has 1 aromatic heterocycles. The first-order valence-corrected chi connectivity index (χ1v) is 8.19. The van der Waals surface area contributed by atoms with Gasteiger partial charge < -0.3 is 5.32 Å². The van der Waals surface area contributed by atoms with Crippen molar-refractivity contribution in [2.75, 3.05) is 6.54 Å². The highest BCUT2D eigenvalue weighted by molar-refractivity contribution is 5.94. The maximum atomic E-state index is 12.5. The lowest BCUT2D eigenvalue weighted by Gasteiger charge is -2.31. The van der Waals surface area contributed by atoms with Crippen molar-refractivity contribution in [1.29, 1.82) is 0 Å². The van der Waals surface area contributed by atoms with E-state index >= 15 is 0 Å². The van der Waals surface area contributed by atoms with Gasteiger partial charge in [0, 0.05) is 24.8 Å². The van der Waals surface area contributed by atoms with Gasteiger partial charge in [0.1, 0.15) is 0 Å². The first-order valence-electron chi connectivity index (χ1n) is 8.19. The van der Waals surface area contributed by atoms with Crippen LogP contribution in [0.15, 0.2) is 42.7 Å². The van der Waals surface area contributed by atoms with Gasteiger partial charge in [0.25, 0.3) is 5.91 Å². The highest BCUT2D eigenvalue weighted by atomic mass is 16.1. The van der Waals surface area contributed by atoms with Crippen molar-refractivity contribution in [3.05, 3.63) is 48.3 Å². The Morgan fingerprint density at radius 1 is 1.26 bits per heavy atom. The van der Waals surface area contributed by atoms with Gasteiger partial charge in [0.05, 0.1) is 17.4 Å². The summed E-state index contributed by atoms with van der Waals surface area (Å²) in [5, 5.41) is 7.45. The molecule has 1 saturated carbocycles. The van der Waals surface area contributed by atoms with Crippen LogP contribution in [0.3, 0.4) is 0 Å². The Morgan fingerprint density at radius 2 is 2.13 bits per heavy atom. The highest BCUT2D eigenvalue weighted by Crippen LogP contribution is 2.26. The van der Waals surface area contributed by atoms with E-state index in [4.69, 9.17) is 0 Å². The molecule has 1 aromatic carbocycles. The fraction of sp³-hybridized carbons (Fsp3) is 0.412. The highest BCUT2D eigenvalue weighted by Gasteiger charge is 2.34. The molecule has 2 fully saturated rings. The normalized spacial score (nSPS) is 26.7. The number of para-hydroxylation sites is 1. The van der Waals surface area contributed by atoms with Crippen LogP contribution in [0.4, 0.5) is 0 Å². The molecule has 0 bridgehead atoms. The molecule has 1 amide bonds. The van der Waals surface area contributed by atoms with Crippen molar-refractivity contribution in [2.24, 2.45) is 5.92 Å². The van der Waals surface area contributed by atoms with Crippen LogP contribution in [0.2, 0.25) is 0 Å². The zero-order chi connectivity index (χ0) is 15.6. The molecule has 1 aliphatic heterocycles. The molecule has 1 aliphatic carbocycles. The fourth-order valence-electron chi connectivity index (χ4n) is 3.56. The number of amides is 1. The van der Waals surface area contributed by atoms with Crippen LogP contribution in [0.25, 0.3) is 5.69 Å². The van der Waals surface area contributed by atoms with Crippen LogP contribution >= 0.6 is 0 Å². The maximum Gasteiger partial charge on any atom is 0.254 e. The molecule has 2 heterocycles. The minimum atomic E-state index is -0.0328. The Labute approximate surface area is 135 Å². The Kier molecular flexibility index (Phi) is 3.85. The molecule has 0 radical (unpaired) electrons. The summed E-state index contributed by atoms with van der Waals surface area (Å²) in [6.07, 6.45) is 6.57. The van der Waals surface area contributed by atoms with Crippen molar-refractivity contribution in [3.8, 4) is 5.69 Å².